The molecule has 0 radical (unpaired) electrons. The third kappa shape index (κ3) is 3.96. The molecule has 0 saturated carbocycles. The van der Waals surface area contributed by atoms with Crippen molar-refractivity contribution in [1.29, 1.82) is 0 Å². The van der Waals surface area contributed by atoms with E-state index in [9.17, 15) is 14.0 Å². The molecule has 0 fully saturated rings. The highest BCUT2D eigenvalue weighted by atomic mass is 35.5. The summed E-state index contributed by atoms with van der Waals surface area (Å²) in [6.45, 7) is 2.48. The molecule has 0 saturated heterocycles. The minimum atomic E-state index is -0.725. The zero-order chi connectivity index (χ0) is 18.7. The molecule has 1 unspecified atom stereocenters. The summed E-state index contributed by atoms with van der Waals surface area (Å²) < 4.78 is 19.1. The maximum absolute atomic E-state index is 13.4. The van der Waals surface area contributed by atoms with Crippen LogP contribution >= 0.6 is 11.6 Å². The summed E-state index contributed by atoms with van der Waals surface area (Å²) in [6, 6.07) is 8.95. The molecule has 2 aromatic carbocycles. The number of ether oxygens (including phenoxy) is 1. The van der Waals surface area contributed by atoms with Gasteiger partial charge in [-0.15, -0.1) is 0 Å². The lowest BCUT2D eigenvalue weighted by molar-refractivity contribution is -0.123. The first-order chi connectivity index (χ1) is 12.5. The molecule has 0 aromatic heterocycles. The van der Waals surface area contributed by atoms with Crippen LogP contribution in [0.15, 0.2) is 36.4 Å². The van der Waals surface area contributed by atoms with Crippen molar-refractivity contribution in [1.82, 2.24) is 0 Å². The SMILES string of the molecule is CCCOc1ccc(Cl)cc1NC(=O)C1CC(=O)Nc2cc(F)ccc21. The number of carbonyl (C=O) groups is 2. The van der Waals surface area contributed by atoms with E-state index in [0.29, 0.717) is 34.3 Å². The van der Waals surface area contributed by atoms with Crippen LogP contribution in [0, 0.1) is 5.82 Å². The smallest absolute Gasteiger partial charge is 0.232 e. The molecule has 7 heteroatoms. The normalized spacial score (nSPS) is 15.8. The molecule has 2 amide bonds. The van der Waals surface area contributed by atoms with Gasteiger partial charge in [0.1, 0.15) is 11.6 Å². The Labute approximate surface area is 155 Å². The van der Waals surface area contributed by atoms with Gasteiger partial charge in [0.15, 0.2) is 0 Å². The number of halogens is 2. The Hall–Kier alpha value is -2.60. The summed E-state index contributed by atoms with van der Waals surface area (Å²) in [5.41, 5.74) is 1.32. The van der Waals surface area contributed by atoms with Crippen LogP contribution in [0.4, 0.5) is 15.8 Å². The number of benzene rings is 2. The van der Waals surface area contributed by atoms with E-state index >= 15 is 0 Å². The molecule has 1 heterocycles. The standard InChI is InChI=1S/C19H18ClFN2O3/c1-2-7-26-17-6-3-11(20)8-16(17)23-19(25)14-10-18(24)22-15-9-12(21)4-5-13(14)15/h3-6,8-9,14H,2,7,10H2,1H3,(H,22,24)(H,23,25). The number of hydrogen-bond acceptors (Lipinski definition) is 3. The van der Waals surface area contributed by atoms with Gasteiger partial charge < -0.3 is 15.4 Å². The van der Waals surface area contributed by atoms with E-state index in [-0.39, 0.29) is 18.2 Å². The Kier molecular flexibility index (Phi) is 5.42. The van der Waals surface area contributed by atoms with Crippen LogP contribution in [0.5, 0.6) is 5.75 Å². The highest BCUT2D eigenvalue weighted by molar-refractivity contribution is 6.31. The summed E-state index contributed by atoms with van der Waals surface area (Å²) in [4.78, 5) is 24.7. The second kappa shape index (κ2) is 7.74. The van der Waals surface area contributed by atoms with Gasteiger partial charge >= 0.3 is 0 Å². The number of fused-ring (bicyclic) bond motifs is 1. The largest absolute Gasteiger partial charge is 0.491 e. The van der Waals surface area contributed by atoms with Crippen LogP contribution in [0.2, 0.25) is 5.02 Å². The van der Waals surface area contributed by atoms with E-state index in [1.54, 1.807) is 18.2 Å². The number of hydrogen-bond donors (Lipinski definition) is 2. The molecular formula is C19H18ClFN2O3. The van der Waals surface area contributed by atoms with Crippen LogP contribution in [0.25, 0.3) is 0 Å². The fourth-order valence-electron chi connectivity index (χ4n) is 2.83. The van der Waals surface area contributed by atoms with Crippen molar-refractivity contribution in [2.24, 2.45) is 0 Å². The minimum absolute atomic E-state index is 0.0177. The van der Waals surface area contributed by atoms with Crippen molar-refractivity contribution in [2.75, 3.05) is 17.2 Å². The molecule has 136 valence electrons. The molecule has 0 bridgehead atoms. The lowest BCUT2D eigenvalue weighted by Crippen LogP contribution is -2.31. The van der Waals surface area contributed by atoms with Crippen molar-refractivity contribution >= 4 is 34.8 Å². The third-order valence-corrected chi connectivity index (χ3v) is 4.27. The maximum Gasteiger partial charge on any atom is 0.232 e. The molecule has 1 aliphatic heterocycles. The first-order valence-electron chi connectivity index (χ1n) is 8.30. The third-order valence-electron chi connectivity index (χ3n) is 4.03. The van der Waals surface area contributed by atoms with Gasteiger partial charge in [-0.2, -0.15) is 0 Å². The number of rotatable bonds is 5. The first-order valence-corrected chi connectivity index (χ1v) is 8.68. The second-order valence-electron chi connectivity index (χ2n) is 6.01. The van der Waals surface area contributed by atoms with E-state index in [0.717, 1.165) is 6.42 Å². The Morgan fingerprint density at radius 2 is 2.15 bits per heavy atom. The molecule has 1 atom stereocenters. The van der Waals surface area contributed by atoms with Gasteiger partial charge in [-0.1, -0.05) is 24.6 Å². The lowest BCUT2D eigenvalue weighted by atomic mass is 9.89. The van der Waals surface area contributed by atoms with Gasteiger partial charge in [-0.25, -0.2) is 4.39 Å². The number of carbonyl (C=O) groups excluding carboxylic acids is 2. The Balaban J connectivity index is 1.87. The zero-order valence-electron chi connectivity index (χ0n) is 14.1. The lowest BCUT2D eigenvalue weighted by Gasteiger charge is -2.25. The summed E-state index contributed by atoms with van der Waals surface area (Å²) in [7, 11) is 0. The van der Waals surface area contributed by atoms with Crippen LogP contribution in [0.1, 0.15) is 31.2 Å². The Morgan fingerprint density at radius 3 is 2.92 bits per heavy atom. The van der Waals surface area contributed by atoms with Gasteiger partial charge in [-0.05, 0) is 42.3 Å². The first kappa shape index (κ1) is 18.2. The summed E-state index contributed by atoms with van der Waals surface area (Å²) in [5, 5.41) is 5.83. The van der Waals surface area contributed by atoms with E-state index < -0.39 is 11.7 Å². The predicted octanol–water partition coefficient (Wildman–Crippen LogP) is 4.33. The van der Waals surface area contributed by atoms with E-state index in [2.05, 4.69) is 10.6 Å². The van der Waals surface area contributed by atoms with E-state index in [1.807, 2.05) is 6.92 Å². The van der Waals surface area contributed by atoms with Gasteiger partial charge in [0, 0.05) is 17.1 Å². The molecule has 0 spiro atoms. The van der Waals surface area contributed by atoms with Crippen molar-refractivity contribution in [3.8, 4) is 5.75 Å². The number of amides is 2. The fraction of sp³-hybridized carbons (Fsp3) is 0.263. The average Bonchev–Trinajstić information content (AvgIpc) is 2.60. The van der Waals surface area contributed by atoms with Crippen molar-refractivity contribution in [3.05, 3.63) is 52.8 Å². The zero-order valence-corrected chi connectivity index (χ0v) is 14.9. The molecule has 1 aliphatic rings. The molecular weight excluding hydrogens is 359 g/mol. The van der Waals surface area contributed by atoms with Crippen LogP contribution < -0.4 is 15.4 Å². The fourth-order valence-corrected chi connectivity index (χ4v) is 3.00. The molecule has 2 aromatic rings. The Bertz CT molecular complexity index is 857. The monoisotopic (exact) mass is 376 g/mol. The van der Waals surface area contributed by atoms with Gasteiger partial charge in [0.05, 0.1) is 18.2 Å². The highest BCUT2D eigenvalue weighted by Crippen LogP contribution is 2.35. The second-order valence-corrected chi connectivity index (χ2v) is 6.45. The molecule has 2 N–H and O–H groups in total. The summed E-state index contributed by atoms with van der Waals surface area (Å²) in [6.07, 6.45) is 0.800. The quantitative estimate of drug-likeness (QED) is 0.816. The van der Waals surface area contributed by atoms with Crippen molar-refractivity contribution in [3.63, 3.8) is 0 Å². The summed E-state index contributed by atoms with van der Waals surface area (Å²) in [5.74, 6) is -1.41. The van der Waals surface area contributed by atoms with Gasteiger partial charge in [-0.3, -0.25) is 9.59 Å². The highest BCUT2D eigenvalue weighted by Gasteiger charge is 2.31. The minimum Gasteiger partial charge on any atom is -0.491 e. The van der Waals surface area contributed by atoms with Gasteiger partial charge in [0.25, 0.3) is 0 Å². The topological polar surface area (TPSA) is 67.4 Å². The number of anilines is 2. The predicted molar refractivity (Wildman–Crippen MR) is 98.3 cm³/mol. The molecule has 26 heavy (non-hydrogen) atoms. The van der Waals surface area contributed by atoms with Crippen LogP contribution in [0.3, 0.4) is 0 Å². The Morgan fingerprint density at radius 1 is 1.35 bits per heavy atom. The number of nitrogens with one attached hydrogen (secondary N) is 2. The van der Waals surface area contributed by atoms with Crippen molar-refractivity contribution in [2.45, 2.75) is 25.7 Å². The van der Waals surface area contributed by atoms with E-state index in [1.165, 1.54) is 18.2 Å². The molecule has 3 rings (SSSR count). The maximum atomic E-state index is 13.4. The van der Waals surface area contributed by atoms with Crippen LogP contribution in [-0.4, -0.2) is 18.4 Å². The van der Waals surface area contributed by atoms with E-state index in [4.69, 9.17) is 16.3 Å². The molecule has 5 nitrogen and oxygen atoms in total. The summed E-state index contributed by atoms with van der Waals surface area (Å²) >= 11 is 6.03. The molecule has 0 aliphatic carbocycles. The van der Waals surface area contributed by atoms with Gasteiger partial charge in [0.2, 0.25) is 11.8 Å². The average molecular weight is 377 g/mol. The van der Waals surface area contributed by atoms with Crippen LogP contribution in [-0.2, 0) is 9.59 Å². The van der Waals surface area contributed by atoms with Crippen molar-refractivity contribution < 1.29 is 18.7 Å².